The Labute approximate surface area is 141 Å². The lowest BCUT2D eigenvalue weighted by Gasteiger charge is -2.39. The third-order valence-corrected chi connectivity index (χ3v) is 10.1. The number of hydrogen-bond donors (Lipinski definition) is 1. The van der Waals surface area contributed by atoms with Gasteiger partial charge in [-0.15, -0.1) is 0 Å². The van der Waals surface area contributed by atoms with Crippen LogP contribution in [0.1, 0.15) is 48.5 Å². The highest BCUT2D eigenvalue weighted by Gasteiger charge is 2.41. The Morgan fingerprint density at radius 2 is 1.65 bits per heavy atom. The van der Waals surface area contributed by atoms with Crippen molar-refractivity contribution >= 4 is 14.2 Å². The number of amides is 1. The van der Waals surface area contributed by atoms with E-state index in [1.807, 2.05) is 33.8 Å². The number of nitriles is 1. The molecular weight excluding hydrogens is 308 g/mol. The topological polar surface area (TPSA) is 73.6 Å². The SMILES string of the molecule is CC(C)N(C(=O)O/C(C#N)=C\[C@H](O)[Si](C)(C)C(C)(C)C)C(C)C. The number of carbonyl (C=O) groups is 1. The molecule has 0 radical (unpaired) electrons. The molecule has 0 fully saturated rings. The molecule has 0 spiro atoms. The van der Waals surface area contributed by atoms with Gasteiger partial charge in [-0.1, -0.05) is 33.9 Å². The Hall–Kier alpha value is -1.32. The number of rotatable bonds is 5. The molecule has 0 heterocycles. The van der Waals surface area contributed by atoms with Crippen LogP contribution in [0.2, 0.25) is 18.1 Å². The molecule has 0 bridgehead atoms. The molecule has 1 atom stereocenters. The van der Waals surface area contributed by atoms with Crippen molar-refractivity contribution in [3.05, 3.63) is 11.8 Å². The Morgan fingerprint density at radius 3 is 1.96 bits per heavy atom. The second kappa shape index (κ2) is 7.98. The molecule has 0 saturated heterocycles. The van der Waals surface area contributed by atoms with Crippen LogP contribution in [0.3, 0.4) is 0 Å². The molecule has 0 aromatic heterocycles. The largest absolute Gasteiger partial charge is 0.416 e. The van der Waals surface area contributed by atoms with Crippen LogP contribution in [0.15, 0.2) is 11.8 Å². The van der Waals surface area contributed by atoms with Gasteiger partial charge in [0.25, 0.3) is 0 Å². The van der Waals surface area contributed by atoms with Crippen LogP contribution >= 0.6 is 0 Å². The lowest BCUT2D eigenvalue weighted by atomic mass is 10.2. The average molecular weight is 341 g/mol. The first-order valence-corrected chi connectivity index (χ1v) is 11.1. The number of ether oxygens (including phenoxy) is 1. The molecule has 6 heteroatoms. The van der Waals surface area contributed by atoms with Crippen molar-refractivity contribution in [3.63, 3.8) is 0 Å². The number of allylic oxidation sites excluding steroid dienone is 1. The van der Waals surface area contributed by atoms with Crippen molar-refractivity contribution in [1.29, 1.82) is 5.26 Å². The first kappa shape index (κ1) is 21.7. The second-order valence-electron chi connectivity index (χ2n) is 8.02. The van der Waals surface area contributed by atoms with E-state index in [4.69, 9.17) is 4.74 Å². The van der Waals surface area contributed by atoms with Crippen LogP contribution in [-0.4, -0.2) is 42.0 Å². The minimum atomic E-state index is -2.09. The van der Waals surface area contributed by atoms with Gasteiger partial charge in [-0.2, -0.15) is 5.26 Å². The molecule has 0 unspecified atom stereocenters. The zero-order valence-electron chi connectivity index (χ0n) is 16.0. The van der Waals surface area contributed by atoms with Crippen molar-refractivity contribution in [2.24, 2.45) is 0 Å². The number of nitrogens with zero attached hydrogens (tertiary/aromatic N) is 2. The summed E-state index contributed by atoms with van der Waals surface area (Å²) in [6.07, 6.45) is 0.819. The molecule has 1 amide bonds. The van der Waals surface area contributed by atoms with Crippen LogP contribution < -0.4 is 0 Å². The zero-order valence-corrected chi connectivity index (χ0v) is 17.0. The summed E-state index contributed by atoms with van der Waals surface area (Å²) in [4.78, 5) is 13.8. The van der Waals surface area contributed by atoms with Crippen LogP contribution in [-0.2, 0) is 4.74 Å². The first-order chi connectivity index (χ1) is 10.3. The van der Waals surface area contributed by atoms with Gasteiger partial charge in [0, 0.05) is 12.1 Å². The van der Waals surface area contributed by atoms with E-state index < -0.39 is 19.9 Å². The second-order valence-corrected chi connectivity index (χ2v) is 13.6. The quantitative estimate of drug-likeness (QED) is 0.465. The van der Waals surface area contributed by atoms with E-state index >= 15 is 0 Å². The minimum absolute atomic E-state index is 0.0345. The Balaban J connectivity index is 5.32. The van der Waals surface area contributed by atoms with E-state index in [0.717, 1.165) is 0 Å². The van der Waals surface area contributed by atoms with Gasteiger partial charge < -0.3 is 14.7 Å². The Bertz CT molecular complexity index is 477. The average Bonchev–Trinajstić information content (AvgIpc) is 2.35. The fourth-order valence-electron chi connectivity index (χ4n) is 2.05. The first-order valence-electron chi connectivity index (χ1n) is 8.05. The maximum absolute atomic E-state index is 12.3. The summed E-state index contributed by atoms with van der Waals surface area (Å²) >= 11 is 0. The smallest absolute Gasteiger partial charge is 0.399 e. The summed E-state index contributed by atoms with van der Waals surface area (Å²) in [6, 6.07) is 1.80. The van der Waals surface area contributed by atoms with Crippen LogP contribution in [0.4, 0.5) is 4.79 Å². The van der Waals surface area contributed by atoms with Crippen LogP contribution in [0.25, 0.3) is 0 Å². The van der Waals surface area contributed by atoms with E-state index in [0.29, 0.717) is 0 Å². The van der Waals surface area contributed by atoms with Gasteiger partial charge in [0.15, 0.2) is 0 Å². The molecular formula is C17H32N2O3Si. The summed E-state index contributed by atoms with van der Waals surface area (Å²) in [5.41, 5.74) is -0.767. The van der Waals surface area contributed by atoms with E-state index in [-0.39, 0.29) is 22.9 Å². The van der Waals surface area contributed by atoms with Crippen LogP contribution in [0.5, 0.6) is 0 Å². The predicted molar refractivity (Wildman–Crippen MR) is 95.5 cm³/mol. The maximum atomic E-state index is 12.3. The van der Waals surface area contributed by atoms with Gasteiger partial charge in [0.05, 0.1) is 13.8 Å². The van der Waals surface area contributed by atoms with Gasteiger partial charge in [-0.25, -0.2) is 4.79 Å². The summed E-state index contributed by atoms with van der Waals surface area (Å²) in [7, 11) is -2.09. The highest BCUT2D eigenvalue weighted by atomic mass is 28.3. The van der Waals surface area contributed by atoms with E-state index in [2.05, 4.69) is 33.9 Å². The highest BCUT2D eigenvalue weighted by Crippen LogP contribution is 2.38. The fraction of sp³-hybridized carbons (Fsp3) is 0.765. The van der Waals surface area contributed by atoms with E-state index in [1.54, 1.807) is 4.90 Å². The molecule has 0 aromatic carbocycles. The van der Waals surface area contributed by atoms with Crippen molar-refractivity contribution in [2.45, 2.75) is 84.4 Å². The van der Waals surface area contributed by atoms with Gasteiger partial charge in [-0.3, -0.25) is 0 Å². The third kappa shape index (κ3) is 5.67. The standard InChI is InChI=1S/C17H32N2O3Si/c1-12(2)19(13(3)4)16(21)22-14(11-18)10-15(20)23(8,9)17(5,6)7/h10,12-13,15,20H,1-9H3/b14-10-/t15-/m1/s1. The minimum Gasteiger partial charge on any atom is -0.399 e. The summed E-state index contributed by atoms with van der Waals surface area (Å²) < 4.78 is 5.21. The number of aliphatic hydroxyl groups is 1. The molecule has 132 valence electrons. The summed E-state index contributed by atoms with van der Waals surface area (Å²) in [5.74, 6) is -0.140. The molecule has 0 saturated carbocycles. The fourth-order valence-corrected chi connectivity index (χ4v) is 3.51. The lowest BCUT2D eigenvalue weighted by Crippen LogP contribution is -2.48. The lowest BCUT2D eigenvalue weighted by molar-refractivity contribution is 0.104. The van der Waals surface area contributed by atoms with Crippen molar-refractivity contribution in [1.82, 2.24) is 4.90 Å². The third-order valence-electron chi connectivity index (χ3n) is 4.61. The summed E-state index contributed by atoms with van der Waals surface area (Å²) in [5, 5.41) is 19.7. The predicted octanol–water partition coefficient (Wildman–Crippen LogP) is 4.06. The molecule has 5 nitrogen and oxygen atoms in total. The maximum Gasteiger partial charge on any atom is 0.416 e. The molecule has 23 heavy (non-hydrogen) atoms. The van der Waals surface area contributed by atoms with Crippen molar-refractivity contribution < 1.29 is 14.6 Å². The summed E-state index contributed by atoms with van der Waals surface area (Å²) in [6.45, 7) is 17.9. The number of hydrogen-bond acceptors (Lipinski definition) is 4. The normalized spacial score (nSPS) is 14.7. The van der Waals surface area contributed by atoms with E-state index in [9.17, 15) is 15.2 Å². The van der Waals surface area contributed by atoms with Gasteiger partial charge in [0.1, 0.15) is 6.07 Å². The van der Waals surface area contributed by atoms with Gasteiger partial charge in [-0.05, 0) is 38.8 Å². The number of aliphatic hydroxyl groups excluding tert-OH is 1. The molecule has 0 aromatic rings. The van der Waals surface area contributed by atoms with Gasteiger partial charge in [0.2, 0.25) is 5.76 Å². The van der Waals surface area contributed by atoms with Crippen molar-refractivity contribution in [2.75, 3.05) is 0 Å². The monoisotopic (exact) mass is 340 g/mol. The van der Waals surface area contributed by atoms with E-state index in [1.165, 1.54) is 6.08 Å². The van der Waals surface area contributed by atoms with Crippen molar-refractivity contribution in [3.8, 4) is 6.07 Å². The number of carbonyl (C=O) groups excluding carboxylic acids is 1. The Morgan fingerprint density at radius 1 is 1.22 bits per heavy atom. The molecule has 1 N–H and O–H groups in total. The zero-order chi connectivity index (χ0) is 18.6. The van der Waals surface area contributed by atoms with Crippen LogP contribution in [0, 0.1) is 11.3 Å². The molecule has 0 aliphatic rings. The van der Waals surface area contributed by atoms with Gasteiger partial charge >= 0.3 is 6.09 Å². The molecule has 0 rings (SSSR count). The molecule has 0 aliphatic heterocycles. The Kier molecular flexibility index (Phi) is 7.52. The molecule has 0 aliphatic carbocycles. The highest BCUT2D eigenvalue weighted by molar-refractivity contribution is 6.81.